The zero-order valence-corrected chi connectivity index (χ0v) is 51.9. The lowest BCUT2D eigenvalue weighted by Gasteiger charge is -2.48. The summed E-state index contributed by atoms with van der Waals surface area (Å²) < 4.78 is 34.3. The van der Waals surface area contributed by atoms with E-state index in [1.165, 1.54) is 161 Å². The molecule has 0 aromatic rings. The number of unbranched alkanes of at least 4 members (excludes halogenated alkanes) is 33. The van der Waals surface area contributed by atoms with E-state index in [-0.39, 0.29) is 18.9 Å². The Bertz CT molecular complexity index is 1630. The molecule has 1 amide bonds. The van der Waals surface area contributed by atoms with Crippen molar-refractivity contribution < 1.29 is 89.4 Å². The lowest BCUT2D eigenvalue weighted by atomic mass is 9.96. The number of ether oxygens (including phenoxy) is 6. The summed E-state index contributed by atoms with van der Waals surface area (Å²) in [6, 6.07) is -0.975. The number of hydrogen-bond donors (Lipinski definition) is 12. The van der Waals surface area contributed by atoms with Crippen molar-refractivity contribution in [1.29, 1.82) is 0 Å². The summed E-state index contributed by atoms with van der Waals surface area (Å²) in [7, 11) is 0. The summed E-state index contributed by atoms with van der Waals surface area (Å²) in [5.41, 5.74) is 0. The van der Waals surface area contributed by atoms with Crippen LogP contribution in [0.1, 0.15) is 251 Å². The van der Waals surface area contributed by atoms with Gasteiger partial charge in [-0.25, -0.2) is 0 Å². The summed E-state index contributed by atoms with van der Waals surface area (Å²) in [6.45, 7) is 1.74. The minimum atomic E-state index is -1.98. The van der Waals surface area contributed by atoms with Crippen molar-refractivity contribution in [2.45, 2.75) is 356 Å². The summed E-state index contributed by atoms with van der Waals surface area (Å²) in [6.07, 6.45) is 25.8. The zero-order valence-electron chi connectivity index (χ0n) is 51.9. The smallest absolute Gasteiger partial charge is 0.220 e. The first-order valence-electron chi connectivity index (χ1n) is 33.6. The lowest BCUT2D eigenvalue weighted by molar-refractivity contribution is -0.379. The van der Waals surface area contributed by atoms with Crippen LogP contribution in [0.4, 0.5) is 0 Å². The Morgan fingerprint density at radius 1 is 0.417 bits per heavy atom. The Kier molecular flexibility index (Phi) is 43.9. The normalized spacial score (nSPS) is 29.3. The molecule has 19 heteroatoms. The van der Waals surface area contributed by atoms with E-state index in [1.54, 1.807) is 6.08 Å². The fourth-order valence-corrected chi connectivity index (χ4v) is 11.5. The van der Waals surface area contributed by atoms with E-state index in [1.807, 2.05) is 6.08 Å². The number of carbonyl (C=O) groups is 1. The fourth-order valence-electron chi connectivity index (χ4n) is 11.5. The van der Waals surface area contributed by atoms with Crippen LogP contribution in [0.25, 0.3) is 0 Å². The second kappa shape index (κ2) is 48.2. The van der Waals surface area contributed by atoms with Gasteiger partial charge in [0.05, 0.1) is 38.6 Å². The van der Waals surface area contributed by atoms with E-state index in [9.17, 15) is 61.0 Å². The second-order valence-corrected chi connectivity index (χ2v) is 24.3. The largest absolute Gasteiger partial charge is 0.394 e. The van der Waals surface area contributed by atoms with Crippen LogP contribution >= 0.6 is 0 Å². The molecule has 3 fully saturated rings. The van der Waals surface area contributed by atoms with Crippen molar-refractivity contribution in [2.75, 3.05) is 26.4 Å². The third-order valence-electron chi connectivity index (χ3n) is 17.0. The second-order valence-electron chi connectivity index (χ2n) is 24.3. The van der Waals surface area contributed by atoms with Crippen LogP contribution in [0.5, 0.6) is 0 Å². The first-order valence-corrected chi connectivity index (χ1v) is 33.6. The van der Waals surface area contributed by atoms with Crippen LogP contribution in [-0.4, -0.2) is 193 Å². The highest BCUT2D eigenvalue weighted by Gasteiger charge is 2.53. The Morgan fingerprint density at radius 3 is 1.15 bits per heavy atom. The van der Waals surface area contributed by atoms with Gasteiger partial charge in [-0.3, -0.25) is 4.79 Å². The van der Waals surface area contributed by atoms with Crippen LogP contribution in [0.3, 0.4) is 0 Å². The quantitative estimate of drug-likeness (QED) is 0.0204. The minimum Gasteiger partial charge on any atom is -0.394 e. The van der Waals surface area contributed by atoms with Gasteiger partial charge in [0.15, 0.2) is 18.9 Å². The third-order valence-corrected chi connectivity index (χ3v) is 17.0. The summed E-state index contributed by atoms with van der Waals surface area (Å²) >= 11 is 0. The van der Waals surface area contributed by atoms with Crippen molar-refractivity contribution in [1.82, 2.24) is 5.32 Å². The number of aliphatic hydroxyl groups excluding tert-OH is 11. The molecular formula is C65H121NO18. The van der Waals surface area contributed by atoms with Gasteiger partial charge in [0, 0.05) is 6.42 Å². The fraction of sp³-hybridized carbons (Fsp3) is 0.923. The molecule has 0 bridgehead atoms. The predicted molar refractivity (Wildman–Crippen MR) is 323 cm³/mol. The van der Waals surface area contributed by atoms with E-state index in [2.05, 4.69) is 31.3 Å². The molecule has 0 radical (unpaired) electrons. The maximum absolute atomic E-state index is 13.4. The van der Waals surface area contributed by atoms with E-state index in [0.717, 1.165) is 64.2 Å². The number of hydrogen-bond acceptors (Lipinski definition) is 18. The van der Waals surface area contributed by atoms with Crippen LogP contribution in [0, 0.1) is 0 Å². The third kappa shape index (κ3) is 30.7. The summed E-state index contributed by atoms with van der Waals surface area (Å²) in [4.78, 5) is 13.4. The van der Waals surface area contributed by atoms with Gasteiger partial charge in [-0.1, -0.05) is 224 Å². The number of allylic oxidation sites excluding steroid dienone is 3. The molecule has 0 aromatic carbocycles. The van der Waals surface area contributed by atoms with Gasteiger partial charge in [0.1, 0.15) is 73.2 Å². The average molecular weight is 1200 g/mol. The number of amides is 1. The van der Waals surface area contributed by atoms with Gasteiger partial charge in [-0.05, 0) is 44.9 Å². The van der Waals surface area contributed by atoms with Gasteiger partial charge in [0.2, 0.25) is 5.91 Å². The number of rotatable bonds is 51. The van der Waals surface area contributed by atoms with Gasteiger partial charge >= 0.3 is 0 Å². The highest BCUT2D eigenvalue weighted by Crippen LogP contribution is 2.33. The summed E-state index contributed by atoms with van der Waals surface area (Å²) in [5, 5.41) is 120. The molecular weight excluding hydrogens is 1080 g/mol. The van der Waals surface area contributed by atoms with E-state index in [4.69, 9.17) is 28.4 Å². The molecule has 12 N–H and O–H groups in total. The molecule has 84 heavy (non-hydrogen) atoms. The molecule has 0 aliphatic carbocycles. The van der Waals surface area contributed by atoms with Gasteiger partial charge in [-0.15, -0.1) is 0 Å². The van der Waals surface area contributed by atoms with E-state index < -0.39 is 124 Å². The van der Waals surface area contributed by atoms with Crippen molar-refractivity contribution >= 4 is 5.91 Å². The highest BCUT2D eigenvalue weighted by molar-refractivity contribution is 5.76. The molecule has 17 atom stereocenters. The maximum Gasteiger partial charge on any atom is 0.220 e. The Hall–Kier alpha value is -1.73. The van der Waals surface area contributed by atoms with Crippen molar-refractivity contribution in [2.24, 2.45) is 0 Å². The maximum atomic E-state index is 13.4. The van der Waals surface area contributed by atoms with Crippen LogP contribution in [-0.2, 0) is 33.2 Å². The first kappa shape index (κ1) is 76.5. The lowest BCUT2D eigenvalue weighted by Crippen LogP contribution is -2.66. The summed E-state index contributed by atoms with van der Waals surface area (Å²) in [5.74, 6) is -0.282. The van der Waals surface area contributed by atoms with Crippen molar-refractivity contribution in [3.05, 3.63) is 24.3 Å². The van der Waals surface area contributed by atoms with Crippen LogP contribution < -0.4 is 5.32 Å². The number of carbonyl (C=O) groups excluding carboxylic acids is 1. The van der Waals surface area contributed by atoms with Gasteiger partial charge in [-0.2, -0.15) is 0 Å². The molecule has 0 spiro atoms. The molecule has 3 aliphatic heterocycles. The van der Waals surface area contributed by atoms with E-state index >= 15 is 0 Å². The Morgan fingerprint density at radius 2 is 0.750 bits per heavy atom. The SMILES string of the molecule is CCCCCCCC/C=C\CCCCCCCC(=O)NC(COC1OC(CO)C(OC2OC(CO)C(OC3OC(CO)C(O)C(O)C3O)C(O)C2O)C(O)C1O)C(O)/C=C/CCCCCCCCCCCCCCCCCCCCCCCC. The van der Waals surface area contributed by atoms with Crippen molar-refractivity contribution in [3.8, 4) is 0 Å². The molecule has 0 saturated carbocycles. The highest BCUT2D eigenvalue weighted by atomic mass is 16.8. The van der Waals surface area contributed by atoms with Crippen molar-refractivity contribution in [3.63, 3.8) is 0 Å². The molecule has 0 aromatic heterocycles. The topological polar surface area (TPSA) is 307 Å². The molecule has 3 heterocycles. The Labute approximate surface area is 505 Å². The average Bonchev–Trinajstić information content (AvgIpc) is 2.81. The number of nitrogens with one attached hydrogen (secondary N) is 1. The first-order chi connectivity index (χ1) is 40.8. The molecule has 3 saturated heterocycles. The molecule has 494 valence electrons. The molecule has 3 aliphatic rings. The molecule has 3 rings (SSSR count). The van der Waals surface area contributed by atoms with Crippen LogP contribution in [0.2, 0.25) is 0 Å². The molecule has 19 nitrogen and oxygen atoms in total. The Balaban J connectivity index is 1.45. The van der Waals surface area contributed by atoms with Gasteiger partial charge < -0.3 is 89.9 Å². The molecule has 17 unspecified atom stereocenters. The zero-order chi connectivity index (χ0) is 61.2. The number of aliphatic hydroxyl groups is 11. The predicted octanol–water partition coefficient (Wildman–Crippen LogP) is 7.88. The monoisotopic (exact) mass is 1200 g/mol. The minimum absolute atomic E-state index is 0.235. The van der Waals surface area contributed by atoms with Gasteiger partial charge in [0.25, 0.3) is 0 Å². The standard InChI is InChI=1S/C65H121NO18/c1-3-5-7-9-11-13-15-17-19-20-21-22-23-24-25-26-27-29-30-32-34-36-38-40-42-49(70)48(66-53(71)43-41-39-37-35-33-31-28-18-16-14-12-10-8-6-4-2)47-79-63-59(77)56(74)61(51(45-68)81-63)84-65-60(78)57(75)62(52(46-69)82-65)83-64-58(76)55(73)54(72)50(44-67)80-64/h18,28,40,42,48-52,54-65,67-70,72-78H,3-17,19-27,29-39,41,43-47H2,1-2H3,(H,66,71)/b28-18-,42-40+. The van der Waals surface area contributed by atoms with E-state index in [0.29, 0.717) is 6.42 Å². The van der Waals surface area contributed by atoms with Crippen LogP contribution in [0.15, 0.2) is 24.3 Å².